The molecule has 0 N–H and O–H groups in total. The topological polar surface area (TPSA) is 76.3 Å². The van der Waals surface area contributed by atoms with E-state index in [0.717, 1.165) is 32.1 Å². The van der Waals surface area contributed by atoms with Gasteiger partial charge in [-0.25, -0.2) is 8.42 Å². The fourth-order valence-electron chi connectivity index (χ4n) is 2.91. The molecule has 7 heteroatoms. The van der Waals surface area contributed by atoms with Gasteiger partial charge in [0.25, 0.3) is 0 Å². The maximum atomic E-state index is 11.9. The van der Waals surface area contributed by atoms with Crippen LogP contribution in [0.5, 0.6) is 0 Å². The summed E-state index contributed by atoms with van der Waals surface area (Å²) in [5.74, 6) is 1.25. The van der Waals surface area contributed by atoms with E-state index in [-0.39, 0.29) is 11.3 Å². The summed E-state index contributed by atoms with van der Waals surface area (Å²) in [5, 5.41) is 3.59. The molecule has 20 heavy (non-hydrogen) atoms. The third-order valence-electron chi connectivity index (χ3n) is 3.99. The summed E-state index contributed by atoms with van der Waals surface area (Å²) in [4.78, 5) is 6.32. The highest BCUT2D eigenvalue weighted by molar-refractivity contribution is 7.91. The number of rotatable bonds is 5. The molecule has 2 rings (SSSR count). The van der Waals surface area contributed by atoms with Gasteiger partial charge >= 0.3 is 0 Å². The predicted molar refractivity (Wildman–Crippen MR) is 76.0 cm³/mol. The van der Waals surface area contributed by atoms with Gasteiger partial charge < -0.3 is 4.52 Å². The van der Waals surface area contributed by atoms with Gasteiger partial charge in [0.2, 0.25) is 5.89 Å². The molecule has 0 saturated heterocycles. The van der Waals surface area contributed by atoms with Crippen molar-refractivity contribution >= 4 is 9.84 Å². The summed E-state index contributed by atoms with van der Waals surface area (Å²) >= 11 is 0. The van der Waals surface area contributed by atoms with Crippen LogP contribution in [-0.2, 0) is 22.8 Å². The van der Waals surface area contributed by atoms with Crippen LogP contribution in [0.15, 0.2) is 4.52 Å². The Morgan fingerprint density at radius 1 is 1.35 bits per heavy atom. The van der Waals surface area contributed by atoms with E-state index in [1.165, 1.54) is 6.26 Å². The predicted octanol–water partition coefficient (Wildman–Crippen LogP) is 1.42. The second kappa shape index (κ2) is 6.22. The molecule has 0 unspecified atom stereocenters. The van der Waals surface area contributed by atoms with Crippen LogP contribution in [0.2, 0.25) is 0 Å². The molecule has 1 aromatic heterocycles. The number of hydrogen-bond acceptors (Lipinski definition) is 6. The van der Waals surface area contributed by atoms with Crippen LogP contribution in [0.1, 0.15) is 44.3 Å². The second-order valence-corrected chi connectivity index (χ2v) is 7.86. The second-order valence-electron chi connectivity index (χ2n) is 5.59. The van der Waals surface area contributed by atoms with Crippen LogP contribution in [0.3, 0.4) is 0 Å². The van der Waals surface area contributed by atoms with Crippen molar-refractivity contribution in [3.05, 3.63) is 11.7 Å². The Balaban J connectivity index is 2.07. The quantitative estimate of drug-likeness (QED) is 0.818. The number of hydrogen-bond donors (Lipinski definition) is 0. The minimum absolute atomic E-state index is 0.0377. The van der Waals surface area contributed by atoms with E-state index in [9.17, 15) is 8.42 Å². The lowest BCUT2D eigenvalue weighted by Gasteiger charge is -2.36. The van der Waals surface area contributed by atoms with Gasteiger partial charge in [0.15, 0.2) is 15.7 Å². The molecule has 1 saturated carbocycles. The van der Waals surface area contributed by atoms with Crippen molar-refractivity contribution in [1.29, 1.82) is 0 Å². The first-order valence-corrected chi connectivity index (χ1v) is 9.08. The van der Waals surface area contributed by atoms with Crippen molar-refractivity contribution in [3.8, 4) is 0 Å². The van der Waals surface area contributed by atoms with Crippen molar-refractivity contribution in [1.82, 2.24) is 15.0 Å². The van der Waals surface area contributed by atoms with Crippen molar-refractivity contribution in [2.45, 2.75) is 56.9 Å². The van der Waals surface area contributed by atoms with Crippen LogP contribution in [0.25, 0.3) is 0 Å². The third-order valence-corrected chi connectivity index (χ3v) is 5.64. The standard InChI is InChI=1S/C13H23N3O3S/c1-4-12-14-13(19-15-12)9-16(2)10-7-5-6-8-11(10)20(3,17)18/h10-11H,4-9H2,1-3H3/t10-,11+/m1/s1. The molecule has 1 fully saturated rings. The molecule has 0 radical (unpaired) electrons. The summed E-state index contributed by atoms with van der Waals surface area (Å²) in [6.45, 7) is 2.48. The van der Waals surface area contributed by atoms with E-state index < -0.39 is 9.84 Å². The Bertz CT molecular complexity index is 541. The molecule has 1 aliphatic carbocycles. The summed E-state index contributed by atoms with van der Waals surface area (Å²) in [6.07, 6.45) is 5.79. The molecule has 1 heterocycles. The van der Waals surface area contributed by atoms with Gasteiger partial charge in [-0.05, 0) is 19.9 Å². The lowest BCUT2D eigenvalue weighted by Crippen LogP contribution is -2.46. The van der Waals surface area contributed by atoms with Gasteiger partial charge in [-0.3, -0.25) is 4.90 Å². The molecule has 6 nitrogen and oxygen atoms in total. The number of aromatic nitrogens is 2. The zero-order chi connectivity index (χ0) is 14.8. The minimum Gasteiger partial charge on any atom is -0.338 e. The van der Waals surface area contributed by atoms with Gasteiger partial charge in [0.05, 0.1) is 11.8 Å². The van der Waals surface area contributed by atoms with Crippen LogP contribution < -0.4 is 0 Å². The molecule has 114 valence electrons. The molecular formula is C13H23N3O3S. The van der Waals surface area contributed by atoms with E-state index in [2.05, 4.69) is 10.1 Å². The summed E-state index contributed by atoms with van der Waals surface area (Å²) in [5.41, 5.74) is 0. The van der Waals surface area contributed by atoms with Crippen molar-refractivity contribution in [2.24, 2.45) is 0 Å². The van der Waals surface area contributed by atoms with Crippen molar-refractivity contribution in [2.75, 3.05) is 13.3 Å². The highest BCUT2D eigenvalue weighted by Gasteiger charge is 2.35. The third kappa shape index (κ3) is 3.58. The molecule has 2 atom stereocenters. The van der Waals surface area contributed by atoms with Crippen LogP contribution >= 0.6 is 0 Å². The molecule has 0 aromatic carbocycles. The van der Waals surface area contributed by atoms with E-state index in [1.54, 1.807) is 0 Å². The highest BCUT2D eigenvalue weighted by Crippen LogP contribution is 2.28. The zero-order valence-corrected chi connectivity index (χ0v) is 13.2. The van der Waals surface area contributed by atoms with Crippen LogP contribution in [-0.4, -0.2) is 48.1 Å². The lowest BCUT2D eigenvalue weighted by molar-refractivity contribution is 0.167. The van der Waals surface area contributed by atoms with Gasteiger partial charge in [0.1, 0.15) is 0 Å². The van der Waals surface area contributed by atoms with Crippen molar-refractivity contribution in [3.63, 3.8) is 0 Å². The average molecular weight is 301 g/mol. The van der Waals surface area contributed by atoms with E-state index in [0.29, 0.717) is 18.3 Å². The van der Waals surface area contributed by atoms with Crippen LogP contribution in [0.4, 0.5) is 0 Å². The van der Waals surface area contributed by atoms with E-state index >= 15 is 0 Å². The molecule has 0 aliphatic heterocycles. The molecule has 0 amide bonds. The highest BCUT2D eigenvalue weighted by atomic mass is 32.2. The monoisotopic (exact) mass is 301 g/mol. The van der Waals surface area contributed by atoms with Gasteiger partial charge in [-0.2, -0.15) is 4.98 Å². The fraction of sp³-hybridized carbons (Fsp3) is 0.846. The fourth-order valence-corrected chi connectivity index (χ4v) is 4.42. The Morgan fingerprint density at radius 2 is 2.05 bits per heavy atom. The lowest BCUT2D eigenvalue weighted by atomic mass is 9.94. The SMILES string of the molecule is CCc1noc(CN(C)[C@@H]2CCCC[C@@H]2S(C)(=O)=O)n1. The zero-order valence-electron chi connectivity index (χ0n) is 12.4. The molecule has 1 aliphatic rings. The normalized spacial score (nSPS) is 24.2. The minimum atomic E-state index is -3.02. The average Bonchev–Trinajstić information content (AvgIpc) is 2.85. The Labute approximate surface area is 120 Å². The first-order chi connectivity index (χ1) is 9.41. The molecule has 1 aromatic rings. The summed E-state index contributed by atoms with van der Waals surface area (Å²) in [6, 6.07) is 0.0377. The maximum Gasteiger partial charge on any atom is 0.240 e. The Hall–Kier alpha value is -0.950. The summed E-state index contributed by atoms with van der Waals surface area (Å²) in [7, 11) is -1.09. The van der Waals surface area contributed by atoms with Gasteiger partial charge in [-0.15, -0.1) is 0 Å². The smallest absolute Gasteiger partial charge is 0.240 e. The van der Waals surface area contributed by atoms with Gasteiger partial charge in [0, 0.05) is 18.7 Å². The Morgan fingerprint density at radius 3 is 2.65 bits per heavy atom. The van der Waals surface area contributed by atoms with Crippen LogP contribution in [0, 0.1) is 0 Å². The number of nitrogens with zero attached hydrogens (tertiary/aromatic N) is 3. The van der Waals surface area contributed by atoms with E-state index in [4.69, 9.17) is 4.52 Å². The number of sulfone groups is 1. The molecule has 0 spiro atoms. The number of aryl methyl sites for hydroxylation is 1. The first-order valence-electron chi connectivity index (χ1n) is 7.12. The largest absolute Gasteiger partial charge is 0.338 e. The van der Waals surface area contributed by atoms with Gasteiger partial charge in [-0.1, -0.05) is 24.9 Å². The maximum absolute atomic E-state index is 11.9. The van der Waals surface area contributed by atoms with E-state index in [1.807, 2.05) is 18.9 Å². The van der Waals surface area contributed by atoms with Crippen molar-refractivity contribution < 1.29 is 12.9 Å². The first kappa shape index (κ1) is 15.4. The summed E-state index contributed by atoms with van der Waals surface area (Å²) < 4.78 is 29.0. The molecule has 0 bridgehead atoms. The molecular weight excluding hydrogens is 278 g/mol. The Kier molecular flexibility index (Phi) is 4.80.